The van der Waals surface area contributed by atoms with Crippen LogP contribution in [0, 0.1) is 6.42 Å². The van der Waals surface area contributed by atoms with E-state index >= 15 is 0 Å². The first-order chi connectivity index (χ1) is 6.77. The average molecular weight is 199 g/mol. The molecular formula is C12H27N2. The van der Waals surface area contributed by atoms with Gasteiger partial charge in [-0.1, -0.05) is 58.3 Å². The van der Waals surface area contributed by atoms with Crippen molar-refractivity contribution in [3.63, 3.8) is 0 Å². The maximum Gasteiger partial charge on any atom is 0.0520 e. The molecule has 0 saturated carbocycles. The highest BCUT2D eigenvalue weighted by molar-refractivity contribution is 4.56. The molecule has 0 spiro atoms. The third kappa shape index (κ3) is 11.9. The minimum atomic E-state index is -0.102. The van der Waals surface area contributed by atoms with Crippen molar-refractivity contribution in [2.24, 2.45) is 11.5 Å². The maximum atomic E-state index is 5.46. The second-order valence-corrected chi connectivity index (χ2v) is 4.12. The van der Waals surface area contributed by atoms with Crippen LogP contribution in [0.15, 0.2) is 0 Å². The van der Waals surface area contributed by atoms with Crippen molar-refractivity contribution in [2.75, 3.05) is 0 Å². The fourth-order valence-corrected chi connectivity index (χ4v) is 1.61. The lowest BCUT2D eigenvalue weighted by molar-refractivity contribution is 0.534. The minimum absolute atomic E-state index is 0.102. The molecule has 0 aliphatic carbocycles. The smallest absolute Gasteiger partial charge is 0.0520 e. The SMILES string of the molecule is C[CH]CCCCCCCCCC(N)N. The zero-order chi connectivity index (χ0) is 10.6. The summed E-state index contributed by atoms with van der Waals surface area (Å²) in [6, 6.07) is 0. The molecule has 1 radical (unpaired) electrons. The predicted octanol–water partition coefficient (Wildman–Crippen LogP) is 2.96. The zero-order valence-corrected chi connectivity index (χ0v) is 9.67. The number of rotatable bonds is 10. The van der Waals surface area contributed by atoms with Crippen molar-refractivity contribution in [2.45, 2.75) is 70.9 Å². The van der Waals surface area contributed by atoms with Gasteiger partial charge in [-0.05, 0) is 12.8 Å². The third-order valence-electron chi connectivity index (χ3n) is 2.53. The molecule has 0 atom stereocenters. The molecule has 4 N–H and O–H groups in total. The summed E-state index contributed by atoms with van der Waals surface area (Å²) in [4.78, 5) is 0. The normalized spacial score (nSPS) is 11.1. The molecule has 85 valence electrons. The summed E-state index contributed by atoms with van der Waals surface area (Å²) in [6.07, 6.45) is 13.8. The van der Waals surface area contributed by atoms with Crippen molar-refractivity contribution in [3.8, 4) is 0 Å². The molecule has 0 rings (SSSR count). The highest BCUT2D eigenvalue weighted by atomic mass is 14.8. The van der Waals surface area contributed by atoms with Crippen LogP contribution >= 0.6 is 0 Å². The number of hydrogen-bond acceptors (Lipinski definition) is 2. The Balaban J connectivity index is 2.85. The van der Waals surface area contributed by atoms with E-state index in [-0.39, 0.29) is 6.17 Å². The second-order valence-electron chi connectivity index (χ2n) is 4.12. The van der Waals surface area contributed by atoms with Gasteiger partial charge in [-0.15, -0.1) is 0 Å². The van der Waals surface area contributed by atoms with Gasteiger partial charge in [-0.25, -0.2) is 0 Å². The van der Waals surface area contributed by atoms with Crippen molar-refractivity contribution in [1.82, 2.24) is 0 Å². The van der Waals surface area contributed by atoms with Crippen LogP contribution in [0.25, 0.3) is 0 Å². The zero-order valence-electron chi connectivity index (χ0n) is 9.67. The highest BCUT2D eigenvalue weighted by Crippen LogP contribution is 2.10. The summed E-state index contributed by atoms with van der Waals surface area (Å²) in [5.74, 6) is 0. The third-order valence-corrected chi connectivity index (χ3v) is 2.53. The van der Waals surface area contributed by atoms with Crippen LogP contribution in [0.3, 0.4) is 0 Å². The average Bonchev–Trinajstić information content (AvgIpc) is 2.15. The Labute approximate surface area is 89.4 Å². The van der Waals surface area contributed by atoms with Gasteiger partial charge in [-0.3, -0.25) is 0 Å². The van der Waals surface area contributed by atoms with E-state index in [1.165, 1.54) is 51.4 Å². The fraction of sp³-hybridized carbons (Fsp3) is 0.917. The van der Waals surface area contributed by atoms with Gasteiger partial charge >= 0.3 is 0 Å². The molecular weight excluding hydrogens is 172 g/mol. The summed E-state index contributed by atoms with van der Waals surface area (Å²) in [6.45, 7) is 2.13. The molecule has 0 aromatic heterocycles. The lowest BCUT2D eigenvalue weighted by Crippen LogP contribution is -2.29. The molecule has 14 heavy (non-hydrogen) atoms. The topological polar surface area (TPSA) is 52.0 Å². The molecule has 0 aromatic rings. The molecule has 0 amide bonds. The molecule has 0 heterocycles. The van der Waals surface area contributed by atoms with Crippen LogP contribution in [-0.2, 0) is 0 Å². The van der Waals surface area contributed by atoms with Crippen LogP contribution < -0.4 is 11.5 Å². The Bertz CT molecular complexity index is 102. The Morgan fingerprint density at radius 1 is 0.857 bits per heavy atom. The van der Waals surface area contributed by atoms with Gasteiger partial charge in [0.05, 0.1) is 6.17 Å². The van der Waals surface area contributed by atoms with Gasteiger partial charge in [0.25, 0.3) is 0 Å². The first kappa shape index (κ1) is 13.9. The van der Waals surface area contributed by atoms with Gasteiger partial charge in [-0.2, -0.15) is 0 Å². The van der Waals surface area contributed by atoms with Gasteiger partial charge in [0.2, 0.25) is 0 Å². The van der Waals surface area contributed by atoms with Crippen LogP contribution in [0.1, 0.15) is 64.7 Å². The molecule has 2 heteroatoms. The molecule has 0 fully saturated rings. The van der Waals surface area contributed by atoms with E-state index in [4.69, 9.17) is 11.5 Å². The molecule has 0 aliphatic rings. The molecule has 0 unspecified atom stereocenters. The van der Waals surface area contributed by atoms with Gasteiger partial charge in [0.15, 0.2) is 0 Å². The van der Waals surface area contributed by atoms with E-state index in [0.29, 0.717) is 0 Å². The van der Waals surface area contributed by atoms with E-state index in [9.17, 15) is 0 Å². The molecule has 0 aliphatic heterocycles. The lowest BCUT2D eigenvalue weighted by atomic mass is 10.1. The fourth-order valence-electron chi connectivity index (χ4n) is 1.61. The van der Waals surface area contributed by atoms with Crippen molar-refractivity contribution in [1.29, 1.82) is 0 Å². The van der Waals surface area contributed by atoms with Crippen molar-refractivity contribution in [3.05, 3.63) is 6.42 Å². The second kappa shape index (κ2) is 11.0. The first-order valence-electron chi connectivity index (χ1n) is 6.06. The summed E-state index contributed by atoms with van der Waals surface area (Å²) in [5, 5.41) is 0. The predicted molar refractivity (Wildman–Crippen MR) is 63.7 cm³/mol. The Morgan fingerprint density at radius 2 is 1.36 bits per heavy atom. The van der Waals surface area contributed by atoms with Crippen molar-refractivity contribution >= 4 is 0 Å². The lowest BCUT2D eigenvalue weighted by Gasteiger charge is -2.04. The maximum absolute atomic E-state index is 5.46. The Hall–Kier alpha value is -0.0800. The summed E-state index contributed by atoms with van der Waals surface area (Å²) < 4.78 is 0. The summed E-state index contributed by atoms with van der Waals surface area (Å²) in [7, 11) is 0. The number of nitrogens with two attached hydrogens (primary N) is 2. The minimum Gasteiger partial charge on any atom is -0.316 e. The van der Waals surface area contributed by atoms with E-state index < -0.39 is 0 Å². The van der Waals surface area contributed by atoms with Crippen LogP contribution in [0.5, 0.6) is 0 Å². The van der Waals surface area contributed by atoms with Crippen LogP contribution in [0.2, 0.25) is 0 Å². The Morgan fingerprint density at radius 3 is 1.86 bits per heavy atom. The Kier molecular flexibility index (Phi) is 10.9. The van der Waals surface area contributed by atoms with Crippen LogP contribution in [0.4, 0.5) is 0 Å². The van der Waals surface area contributed by atoms with E-state index in [0.717, 1.165) is 6.42 Å². The standard InChI is InChI=1S/C12H27N2/c1-2-3-4-5-6-7-8-9-10-11-12(13)14/h2,12H,3-11,13-14H2,1H3. The van der Waals surface area contributed by atoms with Gasteiger partial charge in [0, 0.05) is 0 Å². The largest absolute Gasteiger partial charge is 0.316 e. The monoisotopic (exact) mass is 199 g/mol. The van der Waals surface area contributed by atoms with E-state index in [1.54, 1.807) is 0 Å². The van der Waals surface area contributed by atoms with Crippen LogP contribution in [-0.4, -0.2) is 6.17 Å². The quantitative estimate of drug-likeness (QED) is 0.420. The molecule has 0 aromatic carbocycles. The van der Waals surface area contributed by atoms with E-state index in [2.05, 4.69) is 13.3 Å². The number of unbranched alkanes of at least 4 members (excludes halogenated alkanes) is 8. The van der Waals surface area contributed by atoms with E-state index in [1.807, 2.05) is 0 Å². The molecule has 2 nitrogen and oxygen atoms in total. The first-order valence-corrected chi connectivity index (χ1v) is 6.06. The highest BCUT2D eigenvalue weighted by Gasteiger charge is 1.94. The van der Waals surface area contributed by atoms with Gasteiger partial charge in [0.1, 0.15) is 0 Å². The summed E-state index contributed by atoms with van der Waals surface area (Å²) in [5.41, 5.74) is 10.9. The molecule has 0 saturated heterocycles. The number of hydrogen-bond donors (Lipinski definition) is 2. The molecule has 0 bridgehead atoms. The summed E-state index contributed by atoms with van der Waals surface area (Å²) >= 11 is 0. The van der Waals surface area contributed by atoms with Gasteiger partial charge < -0.3 is 11.5 Å². The van der Waals surface area contributed by atoms with Crippen molar-refractivity contribution < 1.29 is 0 Å².